The molecule has 12 heteroatoms. The molecule has 0 aliphatic heterocycles. The van der Waals surface area contributed by atoms with Crippen molar-refractivity contribution in [1.82, 2.24) is 23.9 Å². The maximum Gasteiger partial charge on any atom is 0.417 e. The maximum absolute atomic E-state index is 13.2. The summed E-state index contributed by atoms with van der Waals surface area (Å²) in [6, 6.07) is 4.73. The van der Waals surface area contributed by atoms with Crippen LogP contribution in [0.1, 0.15) is 25.3 Å². The van der Waals surface area contributed by atoms with Gasteiger partial charge in [0.05, 0.1) is 12.2 Å². The number of hydrogen-bond acceptors (Lipinski definition) is 6. The first-order valence-electron chi connectivity index (χ1n) is 10.7. The number of rotatable bonds is 6. The van der Waals surface area contributed by atoms with Crippen LogP contribution < -0.4 is 5.32 Å². The van der Waals surface area contributed by atoms with Crippen LogP contribution in [0.4, 0.5) is 18.9 Å². The largest absolute Gasteiger partial charge is 0.471 e. The molecule has 0 unspecified atom stereocenters. The van der Waals surface area contributed by atoms with Gasteiger partial charge in [-0.15, -0.1) is 11.8 Å². The number of nitrogens with one attached hydrogen (secondary N) is 1. The number of fused-ring (bicyclic) bond motifs is 2. The van der Waals surface area contributed by atoms with Crippen molar-refractivity contribution < 1.29 is 17.9 Å². The first-order chi connectivity index (χ1) is 16.2. The smallest absolute Gasteiger partial charge is 0.417 e. The quantitative estimate of drug-likeness (QED) is 0.272. The Hall–Kier alpha value is -2.86. The van der Waals surface area contributed by atoms with E-state index in [1.807, 2.05) is 29.7 Å². The molecule has 1 aliphatic carbocycles. The average molecular weight is 507 g/mol. The number of alkyl halides is 3. The highest BCUT2D eigenvalue weighted by Gasteiger charge is 2.32. The van der Waals surface area contributed by atoms with Crippen LogP contribution in [0, 0.1) is 5.92 Å². The molecule has 0 aromatic carbocycles. The molecule has 7 nitrogen and oxygen atoms in total. The van der Waals surface area contributed by atoms with Gasteiger partial charge in [-0.1, -0.05) is 6.92 Å². The van der Waals surface area contributed by atoms with Crippen molar-refractivity contribution in [3.05, 3.63) is 36.2 Å². The summed E-state index contributed by atoms with van der Waals surface area (Å²) in [6.45, 7) is 2.64. The van der Waals surface area contributed by atoms with E-state index in [-0.39, 0.29) is 5.52 Å². The van der Waals surface area contributed by atoms with Gasteiger partial charge in [-0.05, 0) is 48.9 Å². The van der Waals surface area contributed by atoms with E-state index in [9.17, 15) is 13.2 Å². The van der Waals surface area contributed by atoms with Crippen molar-refractivity contribution in [2.24, 2.45) is 13.0 Å². The van der Waals surface area contributed by atoms with Crippen LogP contribution in [-0.4, -0.2) is 41.5 Å². The molecule has 1 N–H and O–H groups in total. The average Bonchev–Trinajstić information content (AvgIpc) is 3.48. The Balaban J connectivity index is 1.53. The molecular formula is C22H21F3N6OS2. The van der Waals surface area contributed by atoms with E-state index in [1.54, 1.807) is 23.4 Å². The molecule has 0 bridgehead atoms. The van der Waals surface area contributed by atoms with Crippen LogP contribution in [0.5, 0.6) is 0 Å². The fraction of sp³-hybridized carbons (Fsp3) is 0.364. The SMILES string of the molecule is CCSc1c(-c2nc3cc(C(F)(F)F)cnc3n2C)nc2cc(NC(=S)OCC3CC3)ccn12. The summed E-state index contributed by atoms with van der Waals surface area (Å²) in [5.74, 6) is 1.82. The molecule has 4 heterocycles. The van der Waals surface area contributed by atoms with Gasteiger partial charge in [-0.3, -0.25) is 4.40 Å². The van der Waals surface area contributed by atoms with E-state index in [4.69, 9.17) is 21.9 Å². The molecule has 4 aromatic heterocycles. The predicted molar refractivity (Wildman–Crippen MR) is 129 cm³/mol. The van der Waals surface area contributed by atoms with Gasteiger partial charge >= 0.3 is 6.18 Å². The van der Waals surface area contributed by atoms with Gasteiger partial charge in [0.15, 0.2) is 11.5 Å². The van der Waals surface area contributed by atoms with E-state index < -0.39 is 11.7 Å². The Bertz CT molecular complexity index is 1390. The molecule has 4 aromatic rings. The molecule has 5 rings (SSSR count). The monoisotopic (exact) mass is 506 g/mol. The van der Waals surface area contributed by atoms with Gasteiger partial charge in [0, 0.05) is 31.2 Å². The number of thiocarbonyl (C=S) groups is 1. The summed E-state index contributed by atoms with van der Waals surface area (Å²) in [5, 5.41) is 4.23. The first-order valence-corrected chi connectivity index (χ1v) is 12.1. The highest BCUT2D eigenvalue weighted by Crippen LogP contribution is 2.35. The number of imidazole rings is 2. The summed E-state index contributed by atoms with van der Waals surface area (Å²) >= 11 is 6.85. The Morgan fingerprint density at radius 3 is 2.79 bits per heavy atom. The van der Waals surface area contributed by atoms with E-state index in [2.05, 4.69) is 15.3 Å². The van der Waals surface area contributed by atoms with Crippen molar-refractivity contribution in [3.8, 4) is 11.5 Å². The fourth-order valence-corrected chi connectivity index (χ4v) is 4.62. The molecular weight excluding hydrogens is 485 g/mol. The number of aromatic nitrogens is 5. The Labute approximate surface area is 202 Å². The van der Waals surface area contributed by atoms with Crippen LogP contribution in [-0.2, 0) is 18.0 Å². The van der Waals surface area contributed by atoms with Gasteiger partial charge in [0.1, 0.15) is 21.9 Å². The molecule has 1 aliphatic rings. The van der Waals surface area contributed by atoms with E-state index in [0.29, 0.717) is 40.5 Å². The Morgan fingerprint density at radius 1 is 1.29 bits per heavy atom. The summed E-state index contributed by atoms with van der Waals surface area (Å²) < 4.78 is 48.6. The summed E-state index contributed by atoms with van der Waals surface area (Å²) in [5.41, 5.74) is 1.64. The lowest BCUT2D eigenvalue weighted by atomic mass is 10.2. The maximum atomic E-state index is 13.2. The number of nitrogens with zero attached hydrogens (tertiary/aromatic N) is 5. The number of pyridine rings is 2. The zero-order chi connectivity index (χ0) is 24.0. The Morgan fingerprint density at radius 2 is 2.09 bits per heavy atom. The molecule has 0 saturated heterocycles. The number of ether oxygens (including phenoxy) is 1. The van der Waals surface area contributed by atoms with Crippen LogP contribution in [0.25, 0.3) is 28.3 Å². The highest BCUT2D eigenvalue weighted by atomic mass is 32.2. The lowest BCUT2D eigenvalue weighted by molar-refractivity contribution is -0.137. The van der Waals surface area contributed by atoms with Crippen LogP contribution >= 0.6 is 24.0 Å². The third kappa shape index (κ3) is 4.43. The molecule has 1 fully saturated rings. The minimum Gasteiger partial charge on any atom is -0.471 e. The highest BCUT2D eigenvalue weighted by molar-refractivity contribution is 7.99. The number of hydrogen-bond donors (Lipinski definition) is 1. The van der Waals surface area contributed by atoms with Gasteiger partial charge in [0.25, 0.3) is 5.17 Å². The molecule has 1 saturated carbocycles. The number of thioether (sulfide) groups is 1. The zero-order valence-corrected chi connectivity index (χ0v) is 20.0. The predicted octanol–water partition coefficient (Wildman–Crippen LogP) is 5.54. The van der Waals surface area contributed by atoms with E-state index >= 15 is 0 Å². The first kappa shape index (κ1) is 22.9. The summed E-state index contributed by atoms with van der Waals surface area (Å²) in [4.78, 5) is 13.2. The molecule has 178 valence electrons. The minimum atomic E-state index is -4.49. The van der Waals surface area contributed by atoms with E-state index in [0.717, 1.165) is 28.7 Å². The summed E-state index contributed by atoms with van der Waals surface area (Å²) in [7, 11) is 1.72. The number of aryl methyl sites for hydroxylation is 1. The summed E-state index contributed by atoms with van der Waals surface area (Å²) in [6.07, 6.45) is 0.568. The third-order valence-corrected chi connectivity index (χ3v) is 6.68. The van der Waals surface area contributed by atoms with Gasteiger partial charge in [0.2, 0.25) is 0 Å². The number of halogens is 3. The van der Waals surface area contributed by atoms with Crippen molar-refractivity contribution in [2.45, 2.75) is 31.0 Å². The lowest BCUT2D eigenvalue weighted by Gasteiger charge is -2.09. The standard InChI is InChI=1S/C22H21F3N6OS2/c1-3-34-20-17(19-28-15-8-13(22(23,24)25)10-26-18(15)30(19)2)29-16-9-14(6-7-31(16)20)27-21(33)32-11-12-4-5-12/h6-10,12H,3-5,11H2,1-2H3,(H,27,33). The van der Waals surface area contributed by atoms with Crippen LogP contribution in [0.2, 0.25) is 0 Å². The van der Waals surface area contributed by atoms with Crippen molar-refractivity contribution >= 4 is 51.7 Å². The molecule has 34 heavy (non-hydrogen) atoms. The lowest BCUT2D eigenvalue weighted by Crippen LogP contribution is -2.14. The molecule has 0 amide bonds. The normalized spacial score (nSPS) is 14.1. The van der Waals surface area contributed by atoms with Gasteiger partial charge < -0.3 is 14.6 Å². The Kier molecular flexibility index (Phi) is 5.88. The van der Waals surface area contributed by atoms with Crippen molar-refractivity contribution in [2.75, 3.05) is 17.7 Å². The van der Waals surface area contributed by atoms with Crippen LogP contribution in [0.15, 0.2) is 35.6 Å². The minimum absolute atomic E-state index is 0.164. The zero-order valence-electron chi connectivity index (χ0n) is 18.4. The second kappa shape index (κ2) is 8.73. The number of anilines is 1. The van der Waals surface area contributed by atoms with Gasteiger partial charge in [-0.25, -0.2) is 15.0 Å². The van der Waals surface area contributed by atoms with Crippen molar-refractivity contribution in [1.29, 1.82) is 0 Å². The molecule has 0 atom stereocenters. The second-order valence-electron chi connectivity index (χ2n) is 8.07. The van der Waals surface area contributed by atoms with Crippen molar-refractivity contribution in [3.63, 3.8) is 0 Å². The molecule has 0 spiro atoms. The second-order valence-corrected chi connectivity index (χ2v) is 9.69. The van der Waals surface area contributed by atoms with Crippen LogP contribution in [0.3, 0.4) is 0 Å². The van der Waals surface area contributed by atoms with Gasteiger partial charge in [-0.2, -0.15) is 13.2 Å². The topological polar surface area (TPSA) is 69.3 Å². The fourth-order valence-electron chi connectivity index (χ4n) is 3.60. The van der Waals surface area contributed by atoms with E-state index in [1.165, 1.54) is 12.8 Å². The third-order valence-electron chi connectivity index (χ3n) is 5.50. The molecule has 0 radical (unpaired) electrons.